The topological polar surface area (TPSA) is 67.4 Å². The van der Waals surface area contributed by atoms with Gasteiger partial charge < -0.3 is 15.4 Å². The summed E-state index contributed by atoms with van der Waals surface area (Å²) in [6.07, 6.45) is 0.324. The van der Waals surface area contributed by atoms with Gasteiger partial charge in [0, 0.05) is 12.6 Å². The lowest BCUT2D eigenvalue weighted by molar-refractivity contribution is -0.125. The van der Waals surface area contributed by atoms with Crippen molar-refractivity contribution in [3.63, 3.8) is 0 Å². The number of carbonyl (C=O) groups excluding carboxylic acids is 2. The summed E-state index contributed by atoms with van der Waals surface area (Å²) in [5, 5.41) is 5.81. The smallest absolute Gasteiger partial charge is 0.407 e. The molecule has 5 heteroatoms. The van der Waals surface area contributed by atoms with Crippen molar-refractivity contribution >= 4 is 12.0 Å². The Morgan fingerprint density at radius 1 is 1.16 bits per heavy atom. The Hall–Kier alpha value is -2.04. The van der Waals surface area contributed by atoms with E-state index < -0.39 is 11.5 Å². The lowest BCUT2D eigenvalue weighted by Gasteiger charge is -2.27. The molecule has 1 atom stereocenters. The highest BCUT2D eigenvalue weighted by atomic mass is 16.5. The summed E-state index contributed by atoms with van der Waals surface area (Å²) in [5.74, 6) is 0.338. The molecule has 0 aliphatic carbocycles. The second-order valence-electron chi connectivity index (χ2n) is 7.39. The second-order valence-corrected chi connectivity index (χ2v) is 7.39. The van der Waals surface area contributed by atoms with E-state index in [0.29, 0.717) is 19.1 Å². The Kier molecular flexibility index (Phi) is 7.94. The molecule has 1 aromatic carbocycles. The number of rotatable bonds is 8. The standard InChI is InChI=1S/C20H32N2O3/c1-7-25-19(24)22-17(12-14(2)3)13-21-18(23)20(5,6)16-10-8-15(4)9-11-16/h8-11,14,17H,7,12-13H2,1-6H3,(H,21,23)(H,22,24). The van der Waals surface area contributed by atoms with Crippen LogP contribution < -0.4 is 10.6 Å². The summed E-state index contributed by atoms with van der Waals surface area (Å²) in [5.41, 5.74) is 1.49. The Morgan fingerprint density at radius 2 is 1.76 bits per heavy atom. The van der Waals surface area contributed by atoms with E-state index in [-0.39, 0.29) is 11.9 Å². The normalized spacial score (nSPS) is 12.6. The predicted molar refractivity (Wildman–Crippen MR) is 101 cm³/mol. The van der Waals surface area contributed by atoms with E-state index in [4.69, 9.17) is 4.74 Å². The van der Waals surface area contributed by atoms with Crippen molar-refractivity contribution in [1.29, 1.82) is 0 Å². The second kappa shape index (κ2) is 9.44. The molecular formula is C20H32N2O3. The van der Waals surface area contributed by atoms with Gasteiger partial charge >= 0.3 is 6.09 Å². The molecule has 25 heavy (non-hydrogen) atoms. The maximum atomic E-state index is 12.7. The van der Waals surface area contributed by atoms with Gasteiger partial charge in [-0.25, -0.2) is 4.79 Å². The van der Waals surface area contributed by atoms with Crippen LogP contribution in [0.25, 0.3) is 0 Å². The number of hydrogen-bond donors (Lipinski definition) is 2. The zero-order valence-electron chi connectivity index (χ0n) is 16.3. The van der Waals surface area contributed by atoms with E-state index in [1.807, 2.05) is 45.0 Å². The fraction of sp³-hybridized carbons (Fsp3) is 0.600. The van der Waals surface area contributed by atoms with Crippen molar-refractivity contribution in [2.45, 2.75) is 59.4 Å². The molecular weight excluding hydrogens is 316 g/mol. The van der Waals surface area contributed by atoms with Crippen molar-refractivity contribution in [2.75, 3.05) is 13.2 Å². The van der Waals surface area contributed by atoms with Gasteiger partial charge in [-0.3, -0.25) is 4.79 Å². The molecule has 140 valence electrons. The van der Waals surface area contributed by atoms with Gasteiger partial charge in [-0.05, 0) is 45.6 Å². The Bertz CT molecular complexity index is 565. The number of benzene rings is 1. The average molecular weight is 348 g/mol. The highest BCUT2D eigenvalue weighted by Gasteiger charge is 2.30. The van der Waals surface area contributed by atoms with Crippen LogP contribution in [0.15, 0.2) is 24.3 Å². The molecule has 0 spiro atoms. The molecule has 2 N–H and O–H groups in total. The first kappa shape index (κ1) is 21.0. The van der Waals surface area contributed by atoms with Crippen LogP contribution in [0.3, 0.4) is 0 Å². The SMILES string of the molecule is CCOC(=O)NC(CNC(=O)C(C)(C)c1ccc(C)cc1)CC(C)C. The first-order valence-corrected chi connectivity index (χ1v) is 8.95. The molecule has 0 fully saturated rings. The molecule has 0 saturated carbocycles. The fourth-order valence-electron chi connectivity index (χ4n) is 2.64. The third kappa shape index (κ3) is 6.77. The van der Waals surface area contributed by atoms with Crippen LogP contribution in [0.4, 0.5) is 4.79 Å². The molecule has 0 bridgehead atoms. The van der Waals surface area contributed by atoms with Crippen molar-refractivity contribution in [3.05, 3.63) is 35.4 Å². The molecule has 1 unspecified atom stereocenters. The van der Waals surface area contributed by atoms with Gasteiger partial charge in [0.25, 0.3) is 0 Å². The molecule has 1 rings (SSSR count). The number of amides is 2. The van der Waals surface area contributed by atoms with Gasteiger partial charge in [-0.2, -0.15) is 0 Å². The van der Waals surface area contributed by atoms with E-state index in [9.17, 15) is 9.59 Å². The molecule has 2 amide bonds. The van der Waals surface area contributed by atoms with Crippen molar-refractivity contribution in [2.24, 2.45) is 5.92 Å². The fourth-order valence-corrected chi connectivity index (χ4v) is 2.64. The first-order chi connectivity index (χ1) is 11.7. The molecule has 0 aliphatic heterocycles. The van der Waals surface area contributed by atoms with Crippen LogP contribution in [0.5, 0.6) is 0 Å². The molecule has 0 saturated heterocycles. The van der Waals surface area contributed by atoms with E-state index in [2.05, 4.69) is 24.5 Å². The minimum absolute atomic E-state index is 0.0595. The summed E-state index contributed by atoms with van der Waals surface area (Å²) in [6.45, 7) is 12.5. The summed E-state index contributed by atoms with van der Waals surface area (Å²) in [4.78, 5) is 24.4. The van der Waals surface area contributed by atoms with Crippen LogP contribution in [0.1, 0.15) is 52.2 Å². The van der Waals surface area contributed by atoms with Gasteiger partial charge in [-0.1, -0.05) is 43.7 Å². The molecule has 0 heterocycles. The third-order valence-corrected chi connectivity index (χ3v) is 4.20. The highest BCUT2D eigenvalue weighted by molar-refractivity contribution is 5.87. The summed E-state index contributed by atoms with van der Waals surface area (Å²) >= 11 is 0. The first-order valence-electron chi connectivity index (χ1n) is 8.95. The van der Waals surface area contributed by atoms with E-state index in [1.54, 1.807) is 6.92 Å². The molecule has 0 aliphatic rings. The minimum Gasteiger partial charge on any atom is -0.450 e. The quantitative estimate of drug-likeness (QED) is 0.755. The largest absolute Gasteiger partial charge is 0.450 e. The number of carbonyl (C=O) groups is 2. The number of hydrogen-bond acceptors (Lipinski definition) is 3. The van der Waals surface area contributed by atoms with E-state index >= 15 is 0 Å². The van der Waals surface area contributed by atoms with Crippen LogP contribution in [-0.4, -0.2) is 31.2 Å². The summed E-state index contributed by atoms with van der Waals surface area (Å²) < 4.78 is 4.95. The maximum absolute atomic E-state index is 12.7. The summed E-state index contributed by atoms with van der Waals surface area (Å²) in [6, 6.07) is 7.83. The molecule has 1 aromatic rings. The lowest BCUT2D eigenvalue weighted by atomic mass is 9.83. The van der Waals surface area contributed by atoms with Crippen LogP contribution >= 0.6 is 0 Å². The number of nitrogens with one attached hydrogen (secondary N) is 2. The molecule has 5 nitrogen and oxygen atoms in total. The van der Waals surface area contributed by atoms with Gasteiger partial charge in [0.1, 0.15) is 0 Å². The van der Waals surface area contributed by atoms with E-state index in [0.717, 1.165) is 17.5 Å². The summed E-state index contributed by atoms with van der Waals surface area (Å²) in [7, 11) is 0. The minimum atomic E-state index is -0.639. The van der Waals surface area contributed by atoms with Crippen molar-refractivity contribution < 1.29 is 14.3 Å². The Morgan fingerprint density at radius 3 is 2.28 bits per heavy atom. The van der Waals surface area contributed by atoms with Crippen LogP contribution in [0.2, 0.25) is 0 Å². The third-order valence-electron chi connectivity index (χ3n) is 4.20. The lowest BCUT2D eigenvalue weighted by Crippen LogP contribution is -2.48. The monoisotopic (exact) mass is 348 g/mol. The van der Waals surface area contributed by atoms with Crippen LogP contribution in [-0.2, 0) is 14.9 Å². The van der Waals surface area contributed by atoms with Gasteiger partial charge in [0.05, 0.1) is 12.0 Å². The van der Waals surface area contributed by atoms with Crippen molar-refractivity contribution in [1.82, 2.24) is 10.6 Å². The zero-order chi connectivity index (χ0) is 19.0. The van der Waals surface area contributed by atoms with Crippen molar-refractivity contribution in [3.8, 4) is 0 Å². The van der Waals surface area contributed by atoms with Gasteiger partial charge in [0.2, 0.25) is 5.91 Å². The maximum Gasteiger partial charge on any atom is 0.407 e. The molecule has 0 aromatic heterocycles. The number of alkyl carbamates (subject to hydrolysis) is 1. The number of aryl methyl sites for hydroxylation is 1. The predicted octanol–water partition coefficient (Wildman–Crippen LogP) is 3.55. The Balaban J connectivity index is 2.71. The Labute approximate surface area is 151 Å². The van der Waals surface area contributed by atoms with Gasteiger partial charge in [-0.15, -0.1) is 0 Å². The highest BCUT2D eigenvalue weighted by Crippen LogP contribution is 2.23. The van der Waals surface area contributed by atoms with E-state index in [1.165, 1.54) is 0 Å². The molecule has 0 radical (unpaired) electrons. The average Bonchev–Trinajstić information content (AvgIpc) is 2.52. The zero-order valence-corrected chi connectivity index (χ0v) is 16.3. The van der Waals surface area contributed by atoms with Crippen LogP contribution in [0, 0.1) is 12.8 Å². The van der Waals surface area contributed by atoms with Gasteiger partial charge in [0.15, 0.2) is 0 Å². The number of ether oxygens (including phenoxy) is 1.